The predicted octanol–water partition coefficient (Wildman–Crippen LogP) is 2.41. The van der Waals surface area contributed by atoms with Gasteiger partial charge in [0.15, 0.2) is 0 Å². The first-order valence-electron chi connectivity index (χ1n) is 7.07. The molecule has 0 aliphatic heterocycles. The van der Waals surface area contributed by atoms with Crippen LogP contribution in [0.4, 0.5) is 10.5 Å². The molecule has 4 N–H and O–H groups in total. The highest BCUT2D eigenvalue weighted by molar-refractivity contribution is 5.80. The second kappa shape index (κ2) is 6.68. The number of nitrogen functional groups attached to an aromatic ring is 1. The quantitative estimate of drug-likeness (QED) is 0.741. The van der Waals surface area contributed by atoms with Gasteiger partial charge < -0.3 is 20.9 Å². The normalized spacial score (nSPS) is 12.6. The van der Waals surface area contributed by atoms with E-state index < -0.39 is 23.7 Å². The molecule has 0 unspecified atom stereocenters. The molecule has 122 valence electrons. The Bertz CT molecular complexity index is 553. The number of carboxylic acid groups (broad SMARTS) is 1. The van der Waals surface area contributed by atoms with Gasteiger partial charge >= 0.3 is 12.1 Å². The van der Waals surface area contributed by atoms with E-state index in [0.717, 1.165) is 16.7 Å². The van der Waals surface area contributed by atoms with Crippen molar-refractivity contribution >= 4 is 17.7 Å². The van der Waals surface area contributed by atoms with Crippen LogP contribution in [0.25, 0.3) is 0 Å². The Morgan fingerprint density at radius 1 is 1.27 bits per heavy atom. The van der Waals surface area contributed by atoms with E-state index in [1.54, 1.807) is 32.9 Å². The molecule has 0 saturated carbocycles. The number of hydrogen-bond acceptors (Lipinski definition) is 4. The summed E-state index contributed by atoms with van der Waals surface area (Å²) in [5, 5.41) is 11.7. The molecule has 0 aliphatic rings. The molecule has 1 aromatic carbocycles. The molecule has 0 aliphatic carbocycles. The summed E-state index contributed by atoms with van der Waals surface area (Å²) in [6, 6.07) is 2.51. The van der Waals surface area contributed by atoms with Crippen LogP contribution < -0.4 is 11.1 Å². The van der Waals surface area contributed by atoms with E-state index in [2.05, 4.69) is 5.32 Å². The molecule has 0 saturated heterocycles. The summed E-state index contributed by atoms with van der Waals surface area (Å²) < 4.78 is 5.10. The number of rotatable bonds is 4. The lowest BCUT2D eigenvalue weighted by molar-refractivity contribution is -0.139. The van der Waals surface area contributed by atoms with Crippen molar-refractivity contribution in [2.45, 2.75) is 52.7 Å². The third-order valence-corrected chi connectivity index (χ3v) is 3.12. The third-order valence-electron chi connectivity index (χ3n) is 3.12. The lowest BCUT2D eigenvalue weighted by Crippen LogP contribution is -2.44. The summed E-state index contributed by atoms with van der Waals surface area (Å²) >= 11 is 0. The van der Waals surface area contributed by atoms with E-state index >= 15 is 0 Å². The van der Waals surface area contributed by atoms with Gasteiger partial charge in [0.25, 0.3) is 0 Å². The van der Waals surface area contributed by atoms with Crippen LogP contribution in [0.15, 0.2) is 12.1 Å². The molecule has 0 radical (unpaired) electrons. The van der Waals surface area contributed by atoms with Crippen molar-refractivity contribution < 1.29 is 19.4 Å². The number of hydrogen-bond donors (Lipinski definition) is 3. The van der Waals surface area contributed by atoms with Crippen molar-refractivity contribution in [3.63, 3.8) is 0 Å². The molecule has 1 aromatic rings. The first-order chi connectivity index (χ1) is 9.99. The van der Waals surface area contributed by atoms with Crippen LogP contribution in [0.3, 0.4) is 0 Å². The monoisotopic (exact) mass is 308 g/mol. The number of benzene rings is 1. The Morgan fingerprint density at radius 3 is 2.18 bits per heavy atom. The van der Waals surface area contributed by atoms with Crippen LogP contribution in [0.1, 0.15) is 37.5 Å². The van der Waals surface area contributed by atoms with Crippen LogP contribution in [-0.4, -0.2) is 28.8 Å². The maximum absolute atomic E-state index is 11.8. The third kappa shape index (κ3) is 5.27. The van der Waals surface area contributed by atoms with Crippen LogP contribution >= 0.6 is 0 Å². The van der Waals surface area contributed by atoms with Gasteiger partial charge in [-0.3, -0.25) is 0 Å². The van der Waals surface area contributed by atoms with Crippen LogP contribution in [-0.2, 0) is 16.0 Å². The molecular weight excluding hydrogens is 284 g/mol. The van der Waals surface area contributed by atoms with Crippen molar-refractivity contribution in [2.24, 2.45) is 0 Å². The zero-order valence-corrected chi connectivity index (χ0v) is 13.7. The van der Waals surface area contributed by atoms with Crippen LogP contribution in [0.2, 0.25) is 0 Å². The second-order valence-electron chi connectivity index (χ2n) is 6.37. The topological polar surface area (TPSA) is 102 Å². The number of nitrogens with two attached hydrogens (primary N) is 1. The zero-order valence-electron chi connectivity index (χ0n) is 13.7. The number of amides is 1. The fourth-order valence-corrected chi connectivity index (χ4v) is 2.20. The number of ether oxygens (including phenoxy) is 1. The molecule has 0 heterocycles. The van der Waals surface area contributed by atoms with E-state index in [1.165, 1.54) is 0 Å². The second-order valence-corrected chi connectivity index (χ2v) is 6.37. The van der Waals surface area contributed by atoms with Gasteiger partial charge in [0.05, 0.1) is 0 Å². The smallest absolute Gasteiger partial charge is 0.408 e. The van der Waals surface area contributed by atoms with Crippen molar-refractivity contribution in [1.29, 1.82) is 0 Å². The molecule has 0 fully saturated rings. The first kappa shape index (κ1) is 17.8. The Labute approximate surface area is 130 Å². The van der Waals surface area contributed by atoms with E-state index in [4.69, 9.17) is 10.5 Å². The summed E-state index contributed by atoms with van der Waals surface area (Å²) in [6.45, 7) is 8.89. The van der Waals surface area contributed by atoms with Gasteiger partial charge in [0, 0.05) is 12.1 Å². The summed E-state index contributed by atoms with van der Waals surface area (Å²) in [7, 11) is 0. The van der Waals surface area contributed by atoms with Gasteiger partial charge in [-0.05, 0) is 63.4 Å². The van der Waals surface area contributed by atoms with Crippen LogP contribution in [0, 0.1) is 13.8 Å². The average Bonchev–Trinajstić information content (AvgIpc) is 2.29. The number of carbonyl (C=O) groups is 2. The Hall–Kier alpha value is -2.24. The number of carbonyl (C=O) groups excluding carboxylic acids is 1. The molecule has 6 nitrogen and oxygen atoms in total. The molecule has 6 heteroatoms. The van der Waals surface area contributed by atoms with Crippen molar-refractivity contribution in [2.75, 3.05) is 5.73 Å². The maximum Gasteiger partial charge on any atom is 0.408 e. The lowest BCUT2D eigenvalue weighted by atomic mass is 9.95. The molecule has 0 bridgehead atoms. The van der Waals surface area contributed by atoms with Gasteiger partial charge in [0.1, 0.15) is 11.6 Å². The van der Waals surface area contributed by atoms with E-state index in [-0.39, 0.29) is 6.42 Å². The predicted molar refractivity (Wildman–Crippen MR) is 84.8 cm³/mol. The lowest BCUT2D eigenvalue weighted by Gasteiger charge is -2.22. The number of anilines is 1. The Morgan fingerprint density at radius 2 is 1.77 bits per heavy atom. The highest BCUT2D eigenvalue weighted by Crippen LogP contribution is 2.20. The Balaban J connectivity index is 2.90. The van der Waals surface area contributed by atoms with E-state index in [0.29, 0.717) is 5.69 Å². The number of carboxylic acids is 1. The molecule has 22 heavy (non-hydrogen) atoms. The van der Waals surface area contributed by atoms with Gasteiger partial charge in [-0.15, -0.1) is 0 Å². The SMILES string of the molecule is Cc1cc(N)cc(C)c1C[C@H](NC(=O)OC(C)(C)C)C(=O)O. The standard InChI is InChI=1S/C16H24N2O4/c1-9-6-11(17)7-10(2)12(9)8-13(14(19)20)18-15(21)22-16(3,4)5/h6-7,13H,8,17H2,1-5H3,(H,18,21)(H,19,20)/t13-/m0/s1. The van der Waals surface area contributed by atoms with Gasteiger partial charge in [-0.25, -0.2) is 9.59 Å². The summed E-state index contributed by atoms with van der Waals surface area (Å²) in [5.74, 6) is -1.11. The molecule has 0 spiro atoms. The summed E-state index contributed by atoms with van der Waals surface area (Å²) in [4.78, 5) is 23.2. The highest BCUT2D eigenvalue weighted by atomic mass is 16.6. The number of alkyl carbamates (subject to hydrolysis) is 1. The summed E-state index contributed by atoms with van der Waals surface area (Å²) in [5.41, 5.74) is 8.37. The van der Waals surface area contributed by atoms with Gasteiger partial charge in [0.2, 0.25) is 0 Å². The molecule has 1 atom stereocenters. The first-order valence-corrected chi connectivity index (χ1v) is 7.07. The highest BCUT2D eigenvalue weighted by Gasteiger charge is 2.25. The van der Waals surface area contributed by atoms with Crippen LogP contribution in [0.5, 0.6) is 0 Å². The fourth-order valence-electron chi connectivity index (χ4n) is 2.20. The minimum absolute atomic E-state index is 0.173. The van der Waals surface area contributed by atoms with E-state index in [9.17, 15) is 14.7 Å². The van der Waals surface area contributed by atoms with Crippen molar-refractivity contribution in [3.05, 3.63) is 28.8 Å². The molecule has 1 rings (SSSR count). The van der Waals surface area contributed by atoms with Gasteiger partial charge in [-0.2, -0.15) is 0 Å². The fraction of sp³-hybridized carbons (Fsp3) is 0.500. The largest absolute Gasteiger partial charge is 0.480 e. The minimum atomic E-state index is -1.11. The Kier molecular flexibility index (Phi) is 5.41. The molecular formula is C16H24N2O4. The number of aryl methyl sites for hydroxylation is 2. The van der Waals surface area contributed by atoms with E-state index in [1.807, 2.05) is 13.8 Å². The number of nitrogens with one attached hydrogen (secondary N) is 1. The summed E-state index contributed by atoms with van der Waals surface area (Å²) in [6.07, 6.45) is -0.572. The van der Waals surface area contributed by atoms with Crippen molar-refractivity contribution in [1.82, 2.24) is 5.32 Å². The average molecular weight is 308 g/mol. The molecule has 0 aromatic heterocycles. The molecule has 1 amide bonds. The minimum Gasteiger partial charge on any atom is -0.480 e. The zero-order chi connectivity index (χ0) is 17.1. The van der Waals surface area contributed by atoms with Crippen molar-refractivity contribution in [3.8, 4) is 0 Å². The number of aliphatic carboxylic acids is 1. The van der Waals surface area contributed by atoms with Gasteiger partial charge in [-0.1, -0.05) is 0 Å². The maximum atomic E-state index is 11.8.